The second-order valence-corrected chi connectivity index (χ2v) is 8.04. The number of pyridine rings is 1. The molecule has 1 saturated carbocycles. The van der Waals surface area contributed by atoms with Crippen LogP contribution in [0.25, 0.3) is 0 Å². The van der Waals surface area contributed by atoms with Gasteiger partial charge in [0.1, 0.15) is 6.04 Å². The first-order chi connectivity index (χ1) is 13.7. The van der Waals surface area contributed by atoms with Crippen molar-refractivity contribution in [1.82, 2.24) is 15.2 Å². The van der Waals surface area contributed by atoms with E-state index in [0.717, 1.165) is 36.1 Å². The van der Waals surface area contributed by atoms with Crippen molar-refractivity contribution in [3.63, 3.8) is 0 Å². The number of nitrogens with zero attached hydrogens (tertiary/aromatic N) is 2. The van der Waals surface area contributed by atoms with Gasteiger partial charge in [0.2, 0.25) is 11.8 Å². The monoisotopic (exact) mass is 401 g/mol. The SMILES string of the molecule is COCCN(C(=O)Cc1cccs1)[C@@H](C(=O)NC1CCCC1)c1ccncc1. The largest absolute Gasteiger partial charge is 0.383 e. The van der Waals surface area contributed by atoms with Crippen molar-refractivity contribution in [1.29, 1.82) is 0 Å². The molecule has 1 atom stereocenters. The highest BCUT2D eigenvalue weighted by Gasteiger charge is 2.33. The van der Waals surface area contributed by atoms with Crippen molar-refractivity contribution < 1.29 is 14.3 Å². The zero-order valence-electron chi connectivity index (χ0n) is 16.2. The Balaban J connectivity index is 1.85. The Kier molecular flexibility index (Phi) is 7.56. The number of nitrogens with one attached hydrogen (secondary N) is 1. The van der Waals surface area contributed by atoms with Crippen molar-refractivity contribution in [3.8, 4) is 0 Å². The molecular weight excluding hydrogens is 374 g/mol. The molecule has 0 radical (unpaired) electrons. The maximum Gasteiger partial charge on any atom is 0.247 e. The summed E-state index contributed by atoms with van der Waals surface area (Å²) in [4.78, 5) is 33.1. The van der Waals surface area contributed by atoms with Crippen LogP contribution in [-0.4, -0.2) is 48.0 Å². The lowest BCUT2D eigenvalue weighted by Gasteiger charge is -2.32. The molecule has 0 aliphatic heterocycles. The van der Waals surface area contributed by atoms with Crippen molar-refractivity contribution in [2.24, 2.45) is 0 Å². The molecule has 28 heavy (non-hydrogen) atoms. The van der Waals surface area contributed by atoms with E-state index in [-0.39, 0.29) is 24.3 Å². The number of aromatic nitrogens is 1. The Bertz CT molecular complexity index is 746. The van der Waals surface area contributed by atoms with Gasteiger partial charge in [-0.15, -0.1) is 11.3 Å². The standard InChI is InChI=1S/C21H27N3O3S/c1-27-13-12-24(19(25)15-18-7-4-14-28-18)20(16-8-10-22-11-9-16)21(26)23-17-5-2-3-6-17/h4,7-11,14,17,20H,2-3,5-6,12-13,15H2,1H3,(H,23,26)/t20-/m1/s1. The number of ether oxygens (including phenoxy) is 1. The summed E-state index contributed by atoms with van der Waals surface area (Å²) in [6.45, 7) is 0.722. The fourth-order valence-corrected chi connectivity index (χ4v) is 4.32. The number of rotatable bonds is 9. The molecule has 1 fully saturated rings. The van der Waals surface area contributed by atoms with Crippen LogP contribution >= 0.6 is 11.3 Å². The number of thiophene rings is 1. The molecule has 2 aromatic rings. The van der Waals surface area contributed by atoms with Gasteiger partial charge in [-0.2, -0.15) is 0 Å². The maximum absolute atomic E-state index is 13.2. The van der Waals surface area contributed by atoms with Crippen LogP contribution < -0.4 is 5.32 Å². The van der Waals surface area contributed by atoms with Crippen molar-refractivity contribution >= 4 is 23.2 Å². The summed E-state index contributed by atoms with van der Waals surface area (Å²) in [5, 5.41) is 5.11. The first kappa shape index (κ1) is 20.5. The fraction of sp³-hybridized carbons (Fsp3) is 0.476. The average Bonchev–Trinajstić information content (AvgIpc) is 3.40. The van der Waals surface area contributed by atoms with Crippen LogP contribution in [0.15, 0.2) is 42.0 Å². The second-order valence-electron chi connectivity index (χ2n) is 7.01. The van der Waals surface area contributed by atoms with Gasteiger partial charge in [0.25, 0.3) is 0 Å². The lowest BCUT2D eigenvalue weighted by molar-refractivity contribution is -0.141. The molecule has 0 bridgehead atoms. The van der Waals surface area contributed by atoms with E-state index in [1.54, 1.807) is 47.9 Å². The van der Waals surface area contributed by atoms with E-state index in [2.05, 4.69) is 10.3 Å². The summed E-state index contributed by atoms with van der Waals surface area (Å²) in [7, 11) is 1.60. The first-order valence-corrected chi connectivity index (χ1v) is 10.6. The van der Waals surface area contributed by atoms with Gasteiger partial charge in [-0.05, 0) is 42.0 Å². The lowest BCUT2D eigenvalue weighted by atomic mass is 10.0. The predicted molar refractivity (Wildman–Crippen MR) is 109 cm³/mol. The van der Waals surface area contributed by atoms with E-state index in [0.29, 0.717) is 13.2 Å². The Morgan fingerprint density at radius 3 is 2.68 bits per heavy atom. The molecule has 1 N–H and O–H groups in total. The van der Waals surface area contributed by atoms with Crippen LogP contribution in [0.5, 0.6) is 0 Å². The van der Waals surface area contributed by atoms with E-state index < -0.39 is 6.04 Å². The number of amides is 2. The highest BCUT2D eigenvalue weighted by atomic mass is 32.1. The van der Waals surface area contributed by atoms with Gasteiger partial charge in [-0.1, -0.05) is 18.9 Å². The first-order valence-electron chi connectivity index (χ1n) is 9.70. The van der Waals surface area contributed by atoms with E-state index in [1.807, 2.05) is 17.5 Å². The Labute approximate surface area is 169 Å². The van der Waals surface area contributed by atoms with Crippen molar-refractivity contribution in [2.45, 2.75) is 44.2 Å². The van der Waals surface area contributed by atoms with Crippen LogP contribution in [0.2, 0.25) is 0 Å². The third-order valence-electron chi connectivity index (χ3n) is 5.05. The number of methoxy groups -OCH3 is 1. The number of carbonyl (C=O) groups excluding carboxylic acids is 2. The molecule has 1 aliphatic carbocycles. The minimum Gasteiger partial charge on any atom is -0.383 e. The van der Waals surface area contributed by atoms with E-state index in [4.69, 9.17) is 4.74 Å². The summed E-state index contributed by atoms with van der Waals surface area (Å²) < 4.78 is 5.22. The highest BCUT2D eigenvalue weighted by molar-refractivity contribution is 7.10. The minimum atomic E-state index is -0.689. The van der Waals surface area contributed by atoms with Gasteiger partial charge in [-0.25, -0.2) is 0 Å². The van der Waals surface area contributed by atoms with Crippen molar-refractivity contribution in [2.75, 3.05) is 20.3 Å². The third kappa shape index (κ3) is 5.39. The zero-order valence-corrected chi connectivity index (χ0v) is 17.0. The number of hydrogen-bond donors (Lipinski definition) is 1. The molecular formula is C21H27N3O3S. The number of carbonyl (C=O) groups is 2. The molecule has 0 unspecified atom stereocenters. The maximum atomic E-state index is 13.2. The van der Waals surface area contributed by atoms with Gasteiger partial charge in [0, 0.05) is 37.0 Å². The van der Waals surface area contributed by atoms with Crippen LogP contribution in [0.3, 0.4) is 0 Å². The van der Waals surface area contributed by atoms with E-state index >= 15 is 0 Å². The summed E-state index contributed by atoms with van der Waals surface area (Å²) in [6.07, 6.45) is 7.85. The van der Waals surface area contributed by atoms with Crippen LogP contribution in [0, 0.1) is 0 Å². The Morgan fingerprint density at radius 2 is 2.04 bits per heavy atom. The van der Waals surface area contributed by atoms with E-state index in [1.165, 1.54) is 0 Å². The fourth-order valence-electron chi connectivity index (χ4n) is 3.62. The van der Waals surface area contributed by atoms with Gasteiger partial charge >= 0.3 is 0 Å². The highest BCUT2D eigenvalue weighted by Crippen LogP contribution is 2.25. The van der Waals surface area contributed by atoms with Crippen LogP contribution in [0.4, 0.5) is 0 Å². The molecule has 2 heterocycles. The summed E-state index contributed by atoms with van der Waals surface area (Å²) in [5.41, 5.74) is 0.765. The zero-order chi connectivity index (χ0) is 19.8. The molecule has 150 valence electrons. The second kappa shape index (κ2) is 10.3. The third-order valence-corrected chi connectivity index (χ3v) is 5.92. The normalized spacial score (nSPS) is 15.3. The van der Waals surface area contributed by atoms with Gasteiger partial charge in [-0.3, -0.25) is 14.6 Å². The molecule has 1 aliphatic rings. The van der Waals surface area contributed by atoms with Gasteiger partial charge < -0.3 is 15.0 Å². The number of hydrogen-bond acceptors (Lipinski definition) is 5. The smallest absolute Gasteiger partial charge is 0.247 e. The molecule has 2 aromatic heterocycles. The Hall–Kier alpha value is -2.25. The molecule has 0 spiro atoms. The van der Waals surface area contributed by atoms with Gasteiger partial charge in [0.05, 0.1) is 13.0 Å². The molecule has 2 amide bonds. The minimum absolute atomic E-state index is 0.0807. The average molecular weight is 402 g/mol. The molecule has 0 aromatic carbocycles. The quantitative estimate of drug-likeness (QED) is 0.701. The van der Waals surface area contributed by atoms with Crippen molar-refractivity contribution in [3.05, 3.63) is 52.5 Å². The summed E-state index contributed by atoms with van der Waals surface area (Å²) in [5.74, 6) is -0.211. The Morgan fingerprint density at radius 1 is 1.29 bits per heavy atom. The summed E-state index contributed by atoms with van der Waals surface area (Å²) >= 11 is 1.55. The van der Waals surface area contributed by atoms with Crippen LogP contribution in [0.1, 0.15) is 42.2 Å². The summed E-state index contributed by atoms with van der Waals surface area (Å²) in [6, 6.07) is 6.98. The van der Waals surface area contributed by atoms with E-state index in [9.17, 15) is 9.59 Å². The lowest BCUT2D eigenvalue weighted by Crippen LogP contribution is -2.47. The van der Waals surface area contributed by atoms with Gasteiger partial charge in [0.15, 0.2) is 0 Å². The molecule has 3 rings (SSSR count). The molecule has 0 saturated heterocycles. The molecule has 6 nitrogen and oxygen atoms in total. The molecule has 7 heteroatoms. The predicted octanol–water partition coefficient (Wildman–Crippen LogP) is 2.96. The van der Waals surface area contributed by atoms with Crippen LogP contribution in [-0.2, 0) is 20.7 Å². The topological polar surface area (TPSA) is 71.5 Å².